The molecule has 3 atom stereocenters. The fourth-order valence-corrected chi connectivity index (χ4v) is 3.44. The van der Waals surface area contributed by atoms with E-state index in [0.717, 1.165) is 17.8 Å². The second-order valence-corrected chi connectivity index (χ2v) is 5.98. The van der Waals surface area contributed by atoms with Gasteiger partial charge < -0.3 is 0 Å². The van der Waals surface area contributed by atoms with Crippen LogP contribution in [0.2, 0.25) is 0 Å². The van der Waals surface area contributed by atoms with E-state index < -0.39 is 0 Å². The number of allylic oxidation sites excluding steroid dienone is 1. The summed E-state index contributed by atoms with van der Waals surface area (Å²) in [7, 11) is 0. The predicted octanol–water partition coefficient (Wildman–Crippen LogP) is 4.66. The Kier molecular flexibility index (Phi) is 3.80. The average molecular weight is 194 g/mol. The molecule has 1 fully saturated rings. The van der Waals surface area contributed by atoms with E-state index >= 15 is 0 Å². The lowest BCUT2D eigenvalue weighted by molar-refractivity contribution is 0.107. The topological polar surface area (TPSA) is 0 Å². The summed E-state index contributed by atoms with van der Waals surface area (Å²) in [5.74, 6) is 2.53. The van der Waals surface area contributed by atoms with Gasteiger partial charge in [-0.25, -0.2) is 0 Å². The molecular formula is C14H26. The summed E-state index contributed by atoms with van der Waals surface area (Å²) in [4.78, 5) is 0. The Morgan fingerprint density at radius 1 is 1.43 bits per heavy atom. The zero-order valence-corrected chi connectivity index (χ0v) is 10.3. The summed E-state index contributed by atoms with van der Waals surface area (Å²) >= 11 is 0. The van der Waals surface area contributed by atoms with E-state index in [-0.39, 0.29) is 0 Å². The van der Waals surface area contributed by atoms with Gasteiger partial charge in [-0.3, -0.25) is 0 Å². The molecule has 0 aromatic rings. The third-order valence-electron chi connectivity index (χ3n) is 3.80. The molecule has 14 heavy (non-hydrogen) atoms. The Morgan fingerprint density at radius 2 is 2.07 bits per heavy atom. The Bertz CT molecular complexity index is 190. The molecule has 3 unspecified atom stereocenters. The molecule has 1 aliphatic carbocycles. The third kappa shape index (κ3) is 2.87. The van der Waals surface area contributed by atoms with Crippen molar-refractivity contribution in [3.63, 3.8) is 0 Å². The lowest BCUT2D eigenvalue weighted by atomic mass is 9.64. The molecule has 1 aliphatic rings. The summed E-state index contributed by atoms with van der Waals surface area (Å²) in [6, 6.07) is 0. The van der Waals surface area contributed by atoms with Crippen molar-refractivity contribution in [1.29, 1.82) is 0 Å². The first kappa shape index (κ1) is 11.8. The zero-order valence-electron chi connectivity index (χ0n) is 10.3. The van der Waals surface area contributed by atoms with Crippen molar-refractivity contribution in [3.05, 3.63) is 12.7 Å². The molecule has 0 radical (unpaired) electrons. The van der Waals surface area contributed by atoms with Crippen LogP contribution in [0.3, 0.4) is 0 Å². The van der Waals surface area contributed by atoms with Crippen LogP contribution in [0.5, 0.6) is 0 Å². The average Bonchev–Trinajstić information content (AvgIpc) is 2.02. The molecule has 0 N–H and O–H groups in total. The SMILES string of the molecule is C=CC(CC)C1CC(C)CC(C)(C)C1. The van der Waals surface area contributed by atoms with Crippen LogP contribution < -0.4 is 0 Å². The van der Waals surface area contributed by atoms with Gasteiger partial charge in [-0.1, -0.05) is 33.8 Å². The van der Waals surface area contributed by atoms with E-state index in [1.807, 2.05) is 0 Å². The lowest BCUT2D eigenvalue weighted by Gasteiger charge is -2.41. The van der Waals surface area contributed by atoms with Crippen molar-refractivity contribution >= 4 is 0 Å². The quantitative estimate of drug-likeness (QED) is 0.573. The molecule has 0 aromatic heterocycles. The van der Waals surface area contributed by atoms with Crippen molar-refractivity contribution in [1.82, 2.24) is 0 Å². The Balaban J connectivity index is 2.65. The number of hydrogen-bond acceptors (Lipinski definition) is 0. The second kappa shape index (κ2) is 4.51. The summed E-state index contributed by atoms with van der Waals surface area (Å²) in [6.45, 7) is 13.5. The van der Waals surface area contributed by atoms with Gasteiger partial charge in [0.25, 0.3) is 0 Å². The van der Waals surface area contributed by atoms with Gasteiger partial charge in [0.1, 0.15) is 0 Å². The van der Waals surface area contributed by atoms with Crippen LogP contribution in [-0.4, -0.2) is 0 Å². The monoisotopic (exact) mass is 194 g/mol. The molecule has 0 nitrogen and oxygen atoms in total. The maximum absolute atomic E-state index is 3.98. The third-order valence-corrected chi connectivity index (χ3v) is 3.80. The fraction of sp³-hybridized carbons (Fsp3) is 0.857. The van der Waals surface area contributed by atoms with Crippen LogP contribution in [0.25, 0.3) is 0 Å². The van der Waals surface area contributed by atoms with Crippen molar-refractivity contribution in [3.8, 4) is 0 Å². The molecule has 1 saturated carbocycles. The Morgan fingerprint density at radius 3 is 2.50 bits per heavy atom. The molecule has 0 aromatic carbocycles. The molecule has 0 amide bonds. The Labute approximate surface area is 89.8 Å². The van der Waals surface area contributed by atoms with Crippen molar-refractivity contribution in [2.24, 2.45) is 23.2 Å². The molecule has 0 saturated heterocycles. The molecule has 82 valence electrons. The maximum Gasteiger partial charge on any atom is -0.0210 e. The molecule has 0 heteroatoms. The van der Waals surface area contributed by atoms with Crippen molar-refractivity contribution in [2.45, 2.75) is 53.4 Å². The van der Waals surface area contributed by atoms with E-state index in [9.17, 15) is 0 Å². The standard InChI is InChI=1S/C14H26/c1-6-12(7-2)13-8-11(3)9-14(4,5)10-13/h6,11-13H,1,7-10H2,2-5H3. The van der Waals surface area contributed by atoms with Crippen molar-refractivity contribution in [2.75, 3.05) is 0 Å². The summed E-state index contributed by atoms with van der Waals surface area (Å²) < 4.78 is 0. The van der Waals surface area contributed by atoms with Gasteiger partial charge >= 0.3 is 0 Å². The van der Waals surface area contributed by atoms with Gasteiger partial charge in [-0.05, 0) is 48.9 Å². The van der Waals surface area contributed by atoms with Gasteiger partial charge in [0, 0.05) is 0 Å². The van der Waals surface area contributed by atoms with Crippen molar-refractivity contribution < 1.29 is 0 Å². The molecule has 0 bridgehead atoms. The van der Waals surface area contributed by atoms with Crippen LogP contribution in [0, 0.1) is 23.2 Å². The highest BCUT2D eigenvalue weighted by Gasteiger charge is 2.34. The first-order chi connectivity index (χ1) is 6.48. The molecule has 0 heterocycles. The van der Waals surface area contributed by atoms with Gasteiger partial charge in [-0.15, -0.1) is 6.58 Å². The maximum atomic E-state index is 3.98. The first-order valence-corrected chi connectivity index (χ1v) is 6.11. The minimum atomic E-state index is 0.554. The predicted molar refractivity (Wildman–Crippen MR) is 64.3 cm³/mol. The molecule has 0 aliphatic heterocycles. The van der Waals surface area contributed by atoms with Gasteiger partial charge in [0.15, 0.2) is 0 Å². The number of hydrogen-bond donors (Lipinski definition) is 0. The largest absolute Gasteiger partial charge is 0.103 e. The summed E-state index contributed by atoms with van der Waals surface area (Å²) in [5.41, 5.74) is 0.554. The Hall–Kier alpha value is -0.260. The first-order valence-electron chi connectivity index (χ1n) is 6.11. The number of rotatable bonds is 3. The van der Waals surface area contributed by atoms with Gasteiger partial charge in [0.05, 0.1) is 0 Å². The smallest absolute Gasteiger partial charge is 0.0210 e. The van der Waals surface area contributed by atoms with Crippen LogP contribution in [0.1, 0.15) is 53.4 Å². The van der Waals surface area contributed by atoms with Gasteiger partial charge in [0.2, 0.25) is 0 Å². The second-order valence-electron chi connectivity index (χ2n) is 5.98. The van der Waals surface area contributed by atoms with Crippen LogP contribution >= 0.6 is 0 Å². The summed E-state index contributed by atoms with van der Waals surface area (Å²) in [6.07, 6.45) is 7.64. The van der Waals surface area contributed by atoms with Crippen LogP contribution in [0.15, 0.2) is 12.7 Å². The van der Waals surface area contributed by atoms with E-state index in [4.69, 9.17) is 0 Å². The van der Waals surface area contributed by atoms with Gasteiger partial charge in [-0.2, -0.15) is 0 Å². The molecule has 0 spiro atoms. The van der Waals surface area contributed by atoms with E-state index in [2.05, 4.69) is 40.3 Å². The molecule has 1 rings (SSSR count). The van der Waals surface area contributed by atoms with Crippen LogP contribution in [0.4, 0.5) is 0 Å². The minimum Gasteiger partial charge on any atom is -0.103 e. The van der Waals surface area contributed by atoms with Crippen LogP contribution in [-0.2, 0) is 0 Å². The highest BCUT2D eigenvalue weighted by Crippen LogP contribution is 2.45. The van der Waals surface area contributed by atoms with E-state index in [1.54, 1.807) is 0 Å². The summed E-state index contributed by atoms with van der Waals surface area (Å²) in [5, 5.41) is 0. The fourth-order valence-electron chi connectivity index (χ4n) is 3.44. The lowest BCUT2D eigenvalue weighted by Crippen LogP contribution is -2.30. The highest BCUT2D eigenvalue weighted by atomic mass is 14.4. The highest BCUT2D eigenvalue weighted by molar-refractivity contribution is 4.91. The minimum absolute atomic E-state index is 0.554. The molecular weight excluding hydrogens is 168 g/mol. The van der Waals surface area contributed by atoms with E-state index in [0.29, 0.717) is 5.41 Å². The zero-order chi connectivity index (χ0) is 10.8. The van der Waals surface area contributed by atoms with E-state index in [1.165, 1.54) is 25.7 Å². The normalized spacial score (nSPS) is 33.7.